The zero-order valence-corrected chi connectivity index (χ0v) is 12.5. The summed E-state index contributed by atoms with van der Waals surface area (Å²) in [6.45, 7) is 5.50. The molecule has 0 radical (unpaired) electrons. The molecule has 0 amide bonds. The van der Waals surface area contributed by atoms with Gasteiger partial charge in [-0.2, -0.15) is 0 Å². The van der Waals surface area contributed by atoms with E-state index in [1.165, 1.54) is 0 Å². The lowest BCUT2D eigenvalue weighted by Gasteiger charge is -2.14. The summed E-state index contributed by atoms with van der Waals surface area (Å²) in [5.41, 5.74) is 8.37. The molecule has 4 nitrogen and oxygen atoms in total. The molecule has 0 aliphatic rings. The number of halogens is 1. The Labute approximate surface area is 124 Å². The van der Waals surface area contributed by atoms with Gasteiger partial charge in [0.15, 0.2) is 5.82 Å². The van der Waals surface area contributed by atoms with Crippen LogP contribution in [0.2, 0.25) is 5.02 Å². The van der Waals surface area contributed by atoms with Gasteiger partial charge in [0.1, 0.15) is 0 Å². The van der Waals surface area contributed by atoms with E-state index >= 15 is 0 Å². The van der Waals surface area contributed by atoms with Crippen LogP contribution < -0.4 is 11.1 Å². The third kappa shape index (κ3) is 3.46. The molecule has 106 valence electrons. The highest BCUT2D eigenvalue weighted by Gasteiger charge is 2.11. The fraction of sp³-hybridized carbons (Fsp3) is 0.333. The molecule has 0 aliphatic heterocycles. The zero-order chi connectivity index (χ0) is 14.5. The normalized spacial score (nSPS) is 10.8. The number of hydrogen-bond acceptors (Lipinski definition) is 4. The van der Waals surface area contributed by atoms with Gasteiger partial charge < -0.3 is 11.1 Å². The number of rotatable bonds is 5. The maximum Gasteiger partial charge on any atom is 0.159 e. The van der Waals surface area contributed by atoms with Gasteiger partial charge in [0.2, 0.25) is 0 Å². The monoisotopic (exact) mass is 290 g/mol. The van der Waals surface area contributed by atoms with Gasteiger partial charge in [-0.1, -0.05) is 37.6 Å². The molecule has 0 unspecified atom stereocenters. The number of aromatic nitrogens is 2. The average molecular weight is 291 g/mol. The summed E-state index contributed by atoms with van der Waals surface area (Å²) in [4.78, 5) is 9.08. The Morgan fingerprint density at radius 3 is 2.80 bits per heavy atom. The minimum atomic E-state index is 0.302. The first kappa shape index (κ1) is 14.8. The van der Waals surface area contributed by atoms with E-state index in [4.69, 9.17) is 17.3 Å². The SMILES string of the molecule is CC(C)c1nc(-c2cccc(Cl)c2)ncc1NCCN. The number of hydrogen-bond donors (Lipinski definition) is 2. The lowest BCUT2D eigenvalue weighted by molar-refractivity contribution is 0.815. The molecule has 20 heavy (non-hydrogen) atoms. The molecule has 0 saturated heterocycles. The van der Waals surface area contributed by atoms with Crippen molar-refractivity contribution in [2.45, 2.75) is 19.8 Å². The molecule has 0 saturated carbocycles. The second kappa shape index (κ2) is 6.68. The maximum atomic E-state index is 6.02. The van der Waals surface area contributed by atoms with Crippen molar-refractivity contribution in [3.8, 4) is 11.4 Å². The summed E-state index contributed by atoms with van der Waals surface area (Å²) in [6, 6.07) is 7.56. The molecule has 0 aliphatic carbocycles. The van der Waals surface area contributed by atoms with Gasteiger partial charge in [-0.05, 0) is 18.1 Å². The van der Waals surface area contributed by atoms with E-state index in [9.17, 15) is 0 Å². The molecule has 2 aromatic rings. The first-order valence-electron chi connectivity index (χ1n) is 6.68. The number of nitrogens with zero attached hydrogens (tertiary/aromatic N) is 2. The van der Waals surface area contributed by atoms with Crippen LogP contribution in [0.25, 0.3) is 11.4 Å². The van der Waals surface area contributed by atoms with E-state index in [0.29, 0.717) is 29.9 Å². The molecule has 0 atom stereocenters. The van der Waals surface area contributed by atoms with Crippen LogP contribution in [0.15, 0.2) is 30.5 Å². The largest absolute Gasteiger partial charge is 0.381 e. The second-order valence-corrected chi connectivity index (χ2v) is 5.31. The van der Waals surface area contributed by atoms with E-state index in [0.717, 1.165) is 16.9 Å². The standard InChI is InChI=1S/C15H19ClN4/c1-10(2)14-13(18-7-6-17)9-19-15(20-14)11-4-3-5-12(16)8-11/h3-5,8-10,18H,6-7,17H2,1-2H3. The minimum absolute atomic E-state index is 0.302. The van der Waals surface area contributed by atoms with Crippen LogP contribution in [-0.4, -0.2) is 23.1 Å². The molecule has 3 N–H and O–H groups in total. The minimum Gasteiger partial charge on any atom is -0.381 e. The lowest BCUT2D eigenvalue weighted by Crippen LogP contribution is -2.15. The highest BCUT2D eigenvalue weighted by Crippen LogP contribution is 2.25. The first-order valence-corrected chi connectivity index (χ1v) is 7.06. The molecule has 5 heteroatoms. The summed E-state index contributed by atoms with van der Waals surface area (Å²) in [5, 5.41) is 3.94. The van der Waals surface area contributed by atoms with E-state index in [1.54, 1.807) is 0 Å². The molecule has 1 aromatic heterocycles. The molecule has 2 rings (SSSR count). The number of nitrogens with one attached hydrogen (secondary N) is 1. The summed E-state index contributed by atoms with van der Waals surface area (Å²) in [6.07, 6.45) is 1.81. The summed E-state index contributed by atoms with van der Waals surface area (Å²) in [7, 11) is 0. The van der Waals surface area contributed by atoms with Crippen molar-refractivity contribution in [2.24, 2.45) is 5.73 Å². The van der Waals surface area contributed by atoms with E-state index < -0.39 is 0 Å². The van der Waals surface area contributed by atoms with Gasteiger partial charge in [0, 0.05) is 23.7 Å². The van der Waals surface area contributed by atoms with Crippen molar-refractivity contribution in [1.82, 2.24) is 9.97 Å². The van der Waals surface area contributed by atoms with Gasteiger partial charge in [-0.25, -0.2) is 9.97 Å². The van der Waals surface area contributed by atoms with Crippen LogP contribution in [0.3, 0.4) is 0 Å². The third-order valence-corrected chi connectivity index (χ3v) is 3.14. The van der Waals surface area contributed by atoms with Crippen LogP contribution in [0.1, 0.15) is 25.5 Å². The topological polar surface area (TPSA) is 63.8 Å². The third-order valence-electron chi connectivity index (χ3n) is 2.91. The summed E-state index contributed by atoms with van der Waals surface area (Å²) in [5.74, 6) is 0.991. The fourth-order valence-electron chi connectivity index (χ4n) is 1.94. The van der Waals surface area contributed by atoms with Crippen LogP contribution in [0, 0.1) is 0 Å². The average Bonchev–Trinajstić information content (AvgIpc) is 2.44. The van der Waals surface area contributed by atoms with Crippen molar-refractivity contribution in [1.29, 1.82) is 0 Å². The van der Waals surface area contributed by atoms with Gasteiger partial charge in [-0.15, -0.1) is 0 Å². The van der Waals surface area contributed by atoms with Crippen molar-refractivity contribution in [2.75, 3.05) is 18.4 Å². The lowest BCUT2D eigenvalue weighted by atomic mass is 10.1. The molecule has 0 fully saturated rings. The van der Waals surface area contributed by atoms with Crippen LogP contribution in [0.4, 0.5) is 5.69 Å². The van der Waals surface area contributed by atoms with Crippen LogP contribution in [-0.2, 0) is 0 Å². The van der Waals surface area contributed by atoms with Gasteiger partial charge in [0.05, 0.1) is 17.6 Å². The van der Waals surface area contributed by atoms with Crippen LogP contribution >= 0.6 is 11.6 Å². The Hall–Kier alpha value is -1.65. The molecule has 1 aromatic carbocycles. The van der Waals surface area contributed by atoms with Gasteiger partial charge in [-0.3, -0.25) is 0 Å². The predicted octanol–water partition coefficient (Wildman–Crippen LogP) is 3.29. The van der Waals surface area contributed by atoms with Crippen molar-refractivity contribution >= 4 is 17.3 Å². The molecule has 1 heterocycles. The van der Waals surface area contributed by atoms with E-state index in [2.05, 4.69) is 29.1 Å². The number of benzene rings is 1. The maximum absolute atomic E-state index is 6.02. The highest BCUT2D eigenvalue weighted by molar-refractivity contribution is 6.30. The molecular formula is C15H19ClN4. The first-order chi connectivity index (χ1) is 9.61. The van der Waals surface area contributed by atoms with Crippen molar-refractivity contribution < 1.29 is 0 Å². The zero-order valence-electron chi connectivity index (χ0n) is 11.7. The Morgan fingerprint density at radius 1 is 1.35 bits per heavy atom. The summed E-state index contributed by atoms with van der Waals surface area (Å²) >= 11 is 6.02. The second-order valence-electron chi connectivity index (χ2n) is 4.87. The van der Waals surface area contributed by atoms with Crippen molar-refractivity contribution in [3.63, 3.8) is 0 Å². The number of nitrogens with two attached hydrogens (primary N) is 1. The molecule has 0 bridgehead atoms. The number of anilines is 1. The quantitative estimate of drug-likeness (QED) is 0.887. The Balaban J connectivity index is 2.39. The van der Waals surface area contributed by atoms with Gasteiger partial charge >= 0.3 is 0 Å². The molecule has 0 spiro atoms. The van der Waals surface area contributed by atoms with E-state index in [1.807, 2.05) is 30.5 Å². The van der Waals surface area contributed by atoms with E-state index in [-0.39, 0.29) is 0 Å². The Bertz CT molecular complexity index is 584. The Kier molecular flexibility index (Phi) is 4.93. The van der Waals surface area contributed by atoms with Crippen molar-refractivity contribution in [3.05, 3.63) is 41.2 Å². The fourth-order valence-corrected chi connectivity index (χ4v) is 2.14. The molecular weight excluding hydrogens is 272 g/mol. The smallest absolute Gasteiger partial charge is 0.159 e. The van der Waals surface area contributed by atoms with Crippen LogP contribution in [0.5, 0.6) is 0 Å². The Morgan fingerprint density at radius 2 is 2.15 bits per heavy atom. The van der Waals surface area contributed by atoms with Gasteiger partial charge in [0.25, 0.3) is 0 Å². The summed E-state index contributed by atoms with van der Waals surface area (Å²) < 4.78 is 0. The predicted molar refractivity (Wildman–Crippen MR) is 84.1 cm³/mol. The highest BCUT2D eigenvalue weighted by atomic mass is 35.5.